The van der Waals surface area contributed by atoms with Crippen LogP contribution in [-0.2, 0) is 19.1 Å². The zero-order valence-electron chi connectivity index (χ0n) is 12.1. The van der Waals surface area contributed by atoms with E-state index in [1.807, 2.05) is 6.08 Å². The number of allylic oxidation sites excluding steroid dienone is 3. The number of ether oxygens (including phenoxy) is 2. The number of carbonyl (C=O) groups is 2. The maximum Gasteiger partial charge on any atom is 0.305 e. The van der Waals surface area contributed by atoms with Gasteiger partial charge in [-0.3, -0.25) is 9.59 Å². The van der Waals surface area contributed by atoms with E-state index in [9.17, 15) is 9.59 Å². The molecule has 4 heteroatoms. The number of rotatable bonds is 4. The lowest BCUT2D eigenvalue weighted by molar-refractivity contribution is -0.176. The van der Waals surface area contributed by atoms with E-state index in [2.05, 4.69) is 19.9 Å². The molecule has 0 N–H and O–H groups in total. The van der Waals surface area contributed by atoms with Crippen molar-refractivity contribution in [1.82, 2.24) is 0 Å². The van der Waals surface area contributed by atoms with Crippen molar-refractivity contribution >= 4 is 11.9 Å². The average molecular weight is 266 g/mol. The second kappa shape index (κ2) is 6.55. The fourth-order valence-electron chi connectivity index (χ4n) is 1.88. The van der Waals surface area contributed by atoms with Gasteiger partial charge in [0.2, 0.25) is 0 Å². The second-order valence-electron chi connectivity index (χ2n) is 5.59. The highest BCUT2D eigenvalue weighted by Crippen LogP contribution is 2.34. The zero-order chi connectivity index (χ0) is 14.5. The van der Waals surface area contributed by atoms with Crippen LogP contribution >= 0.6 is 0 Å². The number of hydrogen-bond donors (Lipinski definition) is 0. The lowest BCUT2D eigenvalue weighted by Gasteiger charge is -2.27. The van der Waals surface area contributed by atoms with Crippen LogP contribution in [0.15, 0.2) is 23.8 Å². The number of esters is 2. The summed E-state index contributed by atoms with van der Waals surface area (Å²) in [6.45, 7) is 7.05. The lowest BCUT2D eigenvalue weighted by Crippen LogP contribution is -2.20. The highest BCUT2D eigenvalue weighted by atomic mass is 16.7. The molecule has 0 aromatic carbocycles. The SMILES string of the molecule is CC(=O)OC(C=CC1=CCC(C)(C)CC1)OC(C)=O. The Bertz CT molecular complexity index is 388. The van der Waals surface area contributed by atoms with E-state index in [1.165, 1.54) is 19.4 Å². The molecule has 4 nitrogen and oxygen atoms in total. The zero-order valence-corrected chi connectivity index (χ0v) is 12.1. The minimum atomic E-state index is -0.939. The van der Waals surface area contributed by atoms with Crippen LogP contribution in [0, 0.1) is 5.41 Å². The van der Waals surface area contributed by atoms with E-state index in [0.29, 0.717) is 5.41 Å². The van der Waals surface area contributed by atoms with Gasteiger partial charge in [0.15, 0.2) is 0 Å². The molecule has 0 aromatic rings. The van der Waals surface area contributed by atoms with Crippen molar-refractivity contribution in [3.05, 3.63) is 23.8 Å². The summed E-state index contributed by atoms with van der Waals surface area (Å²) in [6, 6.07) is 0. The summed E-state index contributed by atoms with van der Waals surface area (Å²) < 4.78 is 9.79. The molecule has 0 radical (unpaired) electrons. The molecule has 0 amide bonds. The molecule has 1 rings (SSSR count). The van der Waals surface area contributed by atoms with Crippen LogP contribution < -0.4 is 0 Å². The van der Waals surface area contributed by atoms with Crippen LogP contribution in [0.1, 0.15) is 47.0 Å². The third-order valence-electron chi connectivity index (χ3n) is 3.04. The maximum absolute atomic E-state index is 10.9. The molecule has 0 heterocycles. The minimum absolute atomic E-state index is 0.350. The molecule has 1 aliphatic carbocycles. The Morgan fingerprint density at radius 2 is 1.84 bits per heavy atom. The van der Waals surface area contributed by atoms with Gasteiger partial charge in [0.1, 0.15) is 0 Å². The van der Waals surface area contributed by atoms with Crippen LogP contribution in [0.2, 0.25) is 0 Å². The molecule has 0 spiro atoms. The lowest BCUT2D eigenvalue weighted by atomic mass is 9.78. The summed E-state index contributed by atoms with van der Waals surface area (Å²) in [4.78, 5) is 21.8. The first-order valence-electron chi connectivity index (χ1n) is 6.50. The van der Waals surface area contributed by atoms with Gasteiger partial charge in [-0.25, -0.2) is 0 Å². The first kappa shape index (κ1) is 15.5. The minimum Gasteiger partial charge on any atom is -0.421 e. The van der Waals surface area contributed by atoms with E-state index < -0.39 is 18.2 Å². The largest absolute Gasteiger partial charge is 0.421 e. The molecule has 0 aliphatic heterocycles. The van der Waals surface area contributed by atoms with Gasteiger partial charge < -0.3 is 9.47 Å². The summed E-state index contributed by atoms with van der Waals surface area (Å²) in [7, 11) is 0. The molecule has 0 saturated heterocycles. The Morgan fingerprint density at radius 1 is 1.26 bits per heavy atom. The van der Waals surface area contributed by atoms with Gasteiger partial charge in [-0.2, -0.15) is 0 Å². The first-order chi connectivity index (χ1) is 8.78. The van der Waals surface area contributed by atoms with Crippen molar-refractivity contribution in [2.75, 3.05) is 0 Å². The van der Waals surface area contributed by atoms with E-state index in [1.54, 1.807) is 6.08 Å². The quantitative estimate of drug-likeness (QED) is 0.579. The van der Waals surface area contributed by atoms with Crippen molar-refractivity contribution in [3.63, 3.8) is 0 Å². The summed E-state index contributed by atoms with van der Waals surface area (Å²) in [6.07, 6.45) is 7.84. The molecule has 1 aliphatic rings. The van der Waals surface area contributed by atoms with Gasteiger partial charge >= 0.3 is 11.9 Å². The van der Waals surface area contributed by atoms with Crippen LogP contribution in [0.5, 0.6) is 0 Å². The maximum atomic E-state index is 10.9. The fraction of sp³-hybridized carbons (Fsp3) is 0.600. The molecule has 0 bridgehead atoms. The molecule has 19 heavy (non-hydrogen) atoms. The van der Waals surface area contributed by atoms with Crippen molar-refractivity contribution in [3.8, 4) is 0 Å². The smallest absolute Gasteiger partial charge is 0.305 e. The Kier molecular flexibility index (Phi) is 5.33. The van der Waals surface area contributed by atoms with Gasteiger partial charge in [-0.15, -0.1) is 0 Å². The Balaban J connectivity index is 2.63. The monoisotopic (exact) mass is 266 g/mol. The van der Waals surface area contributed by atoms with Crippen LogP contribution in [0.25, 0.3) is 0 Å². The molecule has 0 unspecified atom stereocenters. The summed E-state index contributed by atoms with van der Waals surface area (Å²) in [5.74, 6) is -0.954. The summed E-state index contributed by atoms with van der Waals surface area (Å²) >= 11 is 0. The standard InChI is InChI=1S/C15H22O4/c1-11(16)18-14(19-12(2)17)6-5-13-7-9-15(3,4)10-8-13/h5-7,14H,8-10H2,1-4H3. The van der Waals surface area contributed by atoms with Crippen LogP contribution in [-0.4, -0.2) is 18.2 Å². The van der Waals surface area contributed by atoms with E-state index in [0.717, 1.165) is 19.3 Å². The second-order valence-corrected chi connectivity index (χ2v) is 5.59. The summed E-state index contributed by atoms with van der Waals surface area (Å²) in [5.41, 5.74) is 1.53. The fourth-order valence-corrected chi connectivity index (χ4v) is 1.88. The highest BCUT2D eigenvalue weighted by Gasteiger charge is 2.20. The molecule has 106 valence electrons. The van der Waals surface area contributed by atoms with Gasteiger partial charge in [0, 0.05) is 13.8 Å². The van der Waals surface area contributed by atoms with Crippen molar-refractivity contribution in [1.29, 1.82) is 0 Å². The third-order valence-corrected chi connectivity index (χ3v) is 3.04. The van der Waals surface area contributed by atoms with E-state index >= 15 is 0 Å². The Hall–Kier alpha value is -1.58. The topological polar surface area (TPSA) is 52.6 Å². The average Bonchev–Trinajstić information content (AvgIpc) is 2.25. The summed E-state index contributed by atoms with van der Waals surface area (Å²) in [5, 5.41) is 0. The number of carbonyl (C=O) groups excluding carboxylic acids is 2. The van der Waals surface area contributed by atoms with Gasteiger partial charge in [0.05, 0.1) is 0 Å². The molecule has 0 atom stereocenters. The molecule has 0 saturated carbocycles. The Labute approximate surface area is 114 Å². The first-order valence-corrected chi connectivity index (χ1v) is 6.50. The van der Waals surface area contributed by atoms with Gasteiger partial charge in [-0.05, 0) is 30.8 Å². The molecular weight excluding hydrogens is 244 g/mol. The van der Waals surface area contributed by atoms with Crippen LogP contribution in [0.4, 0.5) is 0 Å². The normalized spacial score (nSPS) is 18.3. The molecular formula is C15H22O4. The molecule has 0 aromatic heterocycles. The van der Waals surface area contributed by atoms with Crippen molar-refractivity contribution < 1.29 is 19.1 Å². The predicted molar refractivity (Wildman–Crippen MR) is 72.2 cm³/mol. The Morgan fingerprint density at radius 3 is 2.26 bits per heavy atom. The third kappa shape index (κ3) is 6.22. The van der Waals surface area contributed by atoms with E-state index in [-0.39, 0.29) is 0 Å². The van der Waals surface area contributed by atoms with Gasteiger partial charge in [0.25, 0.3) is 6.29 Å². The van der Waals surface area contributed by atoms with E-state index in [4.69, 9.17) is 9.47 Å². The predicted octanol–water partition coefficient (Wildman–Crippen LogP) is 3.13. The van der Waals surface area contributed by atoms with Crippen molar-refractivity contribution in [2.45, 2.75) is 53.2 Å². The van der Waals surface area contributed by atoms with Crippen molar-refractivity contribution in [2.24, 2.45) is 5.41 Å². The number of hydrogen-bond acceptors (Lipinski definition) is 4. The highest BCUT2D eigenvalue weighted by molar-refractivity contribution is 5.68. The van der Waals surface area contributed by atoms with Gasteiger partial charge in [-0.1, -0.05) is 31.6 Å². The van der Waals surface area contributed by atoms with Crippen LogP contribution in [0.3, 0.4) is 0 Å². The molecule has 0 fully saturated rings.